The van der Waals surface area contributed by atoms with Crippen molar-refractivity contribution in [2.45, 2.75) is 53.6 Å². The molecular weight excluding hydrogens is 278 g/mol. The van der Waals surface area contributed by atoms with Crippen LogP contribution in [0.4, 0.5) is 0 Å². The Kier molecular flexibility index (Phi) is 6.72. The minimum atomic E-state index is 0.0270. The van der Waals surface area contributed by atoms with E-state index in [1.807, 2.05) is 44.7 Å². The summed E-state index contributed by atoms with van der Waals surface area (Å²) in [4.78, 5) is 14.2. The van der Waals surface area contributed by atoms with Gasteiger partial charge in [0.25, 0.3) is 0 Å². The third-order valence-electron chi connectivity index (χ3n) is 3.87. The molecule has 1 unspecified atom stereocenters. The van der Waals surface area contributed by atoms with E-state index in [2.05, 4.69) is 6.92 Å². The van der Waals surface area contributed by atoms with Crippen molar-refractivity contribution >= 4 is 5.91 Å². The highest BCUT2D eigenvalue weighted by Crippen LogP contribution is 2.34. The first-order valence-electron chi connectivity index (χ1n) is 8.02. The lowest BCUT2D eigenvalue weighted by atomic mass is 9.93. The smallest absolute Gasteiger partial charge is 0.225 e. The molecule has 0 aliphatic carbocycles. The second kappa shape index (κ2) is 8.06. The molecule has 0 fully saturated rings. The van der Waals surface area contributed by atoms with Crippen molar-refractivity contribution in [2.24, 2.45) is 5.92 Å². The van der Waals surface area contributed by atoms with E-state index in [-0.39, 0.29) is 17.9 Å². The van der Waals surface area contributed by atoms with Gasteiger partial charge in [-0.1, -0.05) is 27.7 Å². The maximum absolute atomic E-state index is 12.3. The predicted octanol–water partition coefficient (Wildman–Crippen LogP) is 3.66. The lowest BCUT2D eigenvalue weighted by molar-refractivity contribution is -0.137. The van der Waals surface area contributed by atoms with Crippen molar-refractivity contribution in [1.82, 2.24) is 4.90 Å². The highest BCUT2D eigenvalue weighted by atomic mass is 16.5. The Morgan fingerprint density at radius 1 is 1.14 bits per heavy atom. The normalized spacial score (nSPS) is 16.5. The van der Waals surface area contributed by atoms with Gasteiger partial charge in [0.15, 0.2) is 11.5 Å². The summed E-state index contributed by atoms with van der Waals surface area (Å²) in [5.41, 5.74) is 2.39. The highest BCUT2D eigenvalue weighted by molar-refractivity contribution is 5.78. The summed E-state index contributed by atoms with van der Waals surface area (Å²) < 4.78 is 10.7. The van der Waals surface area contributed by atoms with Crippen LogP contribution in [0.1, 0.15) is 45.7 Å². The van der Waals surface area contributed by atoms with Crippen molar-refractivity contribution in [2.75, 3.05) is 14.2 Å². The number of methoxy groups -OCH3 is 2. The maximum atomic E-state index is 12.3. The van der Waals surface area contributed by atoms with Crippen LogP contribution in [0.2, 0.25) is 0 Å². The first-order valence-corrected chi connectivity index (χ1v) is 8.02. The first-order chi connectivity index (χ1) is 10.5. The molecule has 1 heterocycles. The van der Waals surface area contributed by atoms with Crippen molar-refractivity contribution < 1.29 is 14.3 Å². The van der Waals surface area contributed by atoms with Crippen molar-refractivity contribution in [3.63, 3.8) is 0 Å². The highest BCUT2D eigenvalue weighted by Gasteiger charge is 2.29. The van der Waals surface area contributed by atoms with Crippen LogP contribution in [0.25, 0.3) is 0 Å². The number of hydrogen-bond donors (Lipinski definition) is 0. The van der Waals surface area contributed by atoms with Gasteiger partial charge in [0.2, 0.25) is 5.91 Å². The summed E-state index contributed by atoms with van der Waals surface area (Å²) in [7, 11) is 3.28. The number of fused-ring (bicyclic) bond motifs is 1. The molecule has 1 aromatic rings. The van der Waals surface area contributed by atoms with Crippen molar-refractivity contribution in [3.05, 3.63) is 23.3 Å². The molecule has 2 rings (SSSR count). The molecule has 0 radical (unpaired) electrons. The second-order valence-corrected chi connectivity index (χ2v) is 5.65. The number of hydrogen-bond acceptors (Lipinski definition) is 3. The zero-order valence-electron chi connectivity index (χ0n) is 14.9. The van der Waals surface area contributed by atoms with Crippen LogP contribution in [-0.4, -0.2) is 31.1 Å². The average Bonchev–Trinajstić information content (AvgIpc) is 2.54. The third kappa shape index (κ3) is 3.73. The molecule has 1 aliphatic rings. The van der Waals surface area contributed by atoms with Crippen molar-refractivity contribution in [3.8, 4) is 11.5 Å². The number of benzene rings is 1. The fourth-order valence-corrected chi connectivity index (χ4v) is 2.69. The van der Waals surface area contributed by atoms with E-state index < -0.39 is 0 Å². The number of ether oxygens (including phenoxy) is 2. The Morgan fingerprint density at radius 3 is 2.09 bits per heavy atom. The predicted molar refractivity (Wildman–Crippen MR) is 89.4 cm³/mol. The molecule has 1 amide bonds. The lowest BCUT2D eigenvalue weighted by Crippen LogP contribution is -2.44. The van der Waals surface area contributed by atoms with Crippen LogP contribution in [0.5, 0.6) is 11.5 Å². The number of amides is 1. The summed E-state index contributed by atoms with van der Waals surface area (Å²) in [6.07, 6.45) is 0.855. The zero-order valence-corrected chi connectivity index (χ0v) is 14.9. The Labute approximate surface area is 134 Å². The number of rotatable bonds is 3. The molecular formula is C18H29NO3. The van der Waals surface area contributed by atoms with Gasteiger partial charge in [0.05, 0.1) is 14.2 Å². The Balaban J connectivity index is 0.00000116. The van der Waals surface area contributed by atoms with Gasteiger partial charge in [-0.2, -0.15) is 0 Å². The molecule has 0 saturated carbocycles. The minimum absolute atomic E-state index is 0.0270. The van der Waals surface area contributed by atoms with Crippen LogP contribution in [0, 0.1) is 5.92 Å². The van der Waals surface area contributed by atoms with Gasteiger partial charge < -0.3 is 14.4 Å². The molecule has 4 nitrogen and oxygen atoms in total. The molecule has 22 heavy (non-hydrogen) atoms. The van der Waals surface area contributed by atoms with Crippen LogP contribution in [-0.2, 0) is 17.8 Å². The Bertz CT molecular complexity index is 511. The molecule has 1 atom stereocenters. The van der Waals surface area contributed by atoms with Crippen LogP contribution < -0.4 is 9.47 Å². The molecule has 0 N–H and O–H groups in total. The topological polar surface area (TPSA) is 38.8 Å². The molecule has 1 aromatic carbocycles. The van der Waals surface area contributed by atoms with E-state index in [0.717, 1.165) is 23.5 Å². The van der Waals surface area contributed by atoms with Crippen LogP contribution in [0.15, 0.2) is 12.1 Å². The summed E-state index contributed by atoms with van der Waals surface area (Å²) in [5.74, 6) is 1.71. The molecule has 0 bridgehead atoms. The molecule has 4 heteroatoms. The van der Waals surface area contributed by atoms with E-state index in [0.29, 0.717) is 6.54 Å². The van der Waals surface area contributed by atoms with Crippen LogP contribution in [0.3, 0.4) is 0 Å². The van der Waals surface area contributed by atoms with Gasteiger partial charge in [-0.3, -0.25) is 4.79 Å². The van der Waals surface area contributed by atoms with Gasteiger partial charge in [0.1, 0.15) is 0 Å². The lowest BCUT2D eigenvalue weighted by Gasteiger charge is -2.36. The molecule has 1 aliphatic heterocycles. The monoisotopic (exact) mass is 307 g/mol. The summed E-state index contributed by atoms with van der Waals surface area (Å²) >= 11 is 0. The molecule has 0 saturated heterocycles. The number of carbonyl (C=O) groups is 1. The van der Waals surface area contributed by atoms with E-state index in [4.69, 9.17) is 9.47 Å². The van der Waals surface area contributed by atoms with Crippen molar-refractivity contribution in [1.29, 1.82) is 0 Å². The first kappa shape index (κ1) is 18.3. The van der Waals surface area contributed by atoms with E-state index in [1.54, 1.807) is 14.2 Å². The summed E-state index contributed by atoms with van der Waals surface area (Å²) in [6, 6.07) is 4.23. The average molecular weight is 307 g/mol. The molecule has 0 spiro atoms. The Morgan fingerprint density at radius 2 is 1.64 bits per heavy atom. The van der Waals surface area contributed by atoms with Gasteiger partial charge in [0, 0.05) is 18.5 Å². The van der Waals surface area contributed by atoms with Gasteiger partial charge in [-0.15, -0.1) is 0 Å². The molecule has 0 aromatic heterocycles. The Hall–Kier alpha value is -1.71. The maximum Gasteiger partial charge on any atom is 0.225 e. The van der Waals surface area contributed by atoms with Gasteiger partial charge in [-0.05, 0) is 36.6 Å². The largest absolute Gasteiger partial charge is 0.493 e. The van der Waals surface area contributed by atoms with Gasteiger partial charge in [-0.25, -0.2) is 0 Å². The fraction of sp³-hybridized carbons (Fsp3) is 0.611. The van der Waals surface area contributed by atoms with E-state index >= 15 is 0 Å². The second-order valence-electron chi connectivity index (χ2n) is 5.65. The third-order valence-corrected chi connectivity index (χ3v) is 3.87. The number of nitrogens with zero attached hydrogens (tertiary/aromatic N) is 1. The standard InChI is InChI=1S/C16H23NO3.C2H6/c1-10(2)16(18)17-9-13-8-15(20-5)14(19-4)7-12(13)6-11(17)3;1-2/h7-8,10-11H,6,9H2,1-5H3;1-2H3. The minimum Gasteiger partial charge on any atom is -0.493 e. The summed E-state index contributed by atoms with van der Waals surface area (Å²) in [5, 5.41) is 0. The zero-order chi connectivity index (χ0) is 16.9. The molecule has 124 valence electrons. The van der Waals surface area contributed by atoms with E-state index in [1.165, 1.54) is 5.56 Å². The van der Waals surface area contributed by atoms with Crippen LogP contribution >= 0.6 is 0 Å². The SMILES string of the molecule is CC.COc1cc2c(cc1OC)CN(C(=O)C(C)C)C(C)C2. The van der Waals surface area contributed by atoms with Gasteiger partial charge >= 0.3 is 0 Å². The van der Waals surface area contributed by atoms with E-state index in [9.17, 15) is 4.79 Å². The summed E-state index contributed by atoms with van der Waals surface area (Å²) in [6.45, 7) is 10.6. The number of carbonyl (C=O) groups excluding carboxylic acids is 1. The fourth-order valence-electron chi connectivity index (χ4n) is 2.69. The quantitative estimate of drug-likeness (QED) is 0.855.